The topological polar surface area (TPSA) is 153 Å². The van der Waals surface area contributed by atoms with Crippen LogP contribution in [0.3, 0.4) is 0 Å². The molecule has 1 heterocycles. The Kier molecular flexibility index (Phi) is 10.6. The highest BCUT2D eigenvalue weighted by atomic mass is 28.4. The van der Waals surface area contributed by atoms with E-state index in [1.54, 1.807) is 0 Å². The molecule has 13 heteroatoms. The van der Waals surface area contributed by atoms with E-state index in [1.165, 1.54) is 13.2 Å². The Hall–Kier alpha value is -3.42. The summed E-state index contributed by atoms with van der Waals surface area (Å²) in [5, 5.41) is 26.9. The molecule has 6 atom stereocenters. The fourth-order valence-corrected chi connectivity index (χ4v) is 9.26. The van der Waals surface area contributed by atoms with E-state index >= 15 is 4.79 Å². The number of carboxylic acids is 1. The smallest absolute Gasteiger partial charge is 0.339 e. The maximum atomic E-state index is 15.3. The lowest BCUT2D eigenvalue weighted by molar-refractivity contribution is -0.170. The predicted molar refractivity (Wildman–Crippen MR) is 190 cm³/mol. The van der Waals surface area contributed by atoms with Crippen molar-refractivity contribution in [1.29, 1.82) is 0 Å². The van der Waals surface area contributed by atoms with Crippen LogP contribution in [0.2, 0.25) is 18.1 Å². The van der Waals surface area contributed by atoms with Gasteiger partial charge in [0.1, 0.15) is 28.7 Å². The molecule has 0 amide bonds. The van der Waals surface area contributed by atoms with E-state index < -0.39 is 67.1 Å². The number of rotatable bonds is 12. The maximum absolute atomic E-state index is 15.3. The van der Waals surface area contributed by atoms with Crippen LogP contribution in [0.1, 0.15) is 93.0 Å². The number of methoxy groups -OCH3 is 1. The first-order valence-corrected chi connectivity index (χ1v) is 20.7. The number of fused-ring (bicyclic) bond motifs is 4. The zero-order chi connectivity index (χ0) is 36.9. The van der Waals surface area contributed by atoms with E-state index in [0.717, 1.165) is 19.3 Å². The van der Waals surface area contributed by atoms with Crippen LogP contribution < -0.4 is 9.47 Å². The predicted octanol–water partition coefficient (Wildman–Crippen LogP) is 6.18. The van der Waals surface area contributed by atoms with Gasteiger partial charge in [0.2, 0.25) is 5.90 Å². The number of aromatic carboxylic acids is 1. The number of oxime groups is 1. The molecule has 2 unspecified atom stereocenters. The van der Waals surface area contributed by atoms with Gasteiger partial charge in [0.05, 0.1) is 31.9 Å². The molecule has 276 valence electrons. The molecular weight excluding hydrogens is 660 g/mol. The van der Waals surface area contributed by atoms with Crippen LogP contribution >= 0.6 is 0 Å². The Balaban J connectivity index is 1.78. The minimum Gasteiger partial charge on any atom is -0.508 e. The van der Waals surface area contributed by atoms with Gasteiger partial charge < -0.3 is 38.6 Å². The normalized spacial score (nSPS) is 27.6. The summed E-state index contributed by atoms with van der Waals surface area (Å²) in [4.78, 5) is 50.8. The molecule has 0 aromatic heterocycles. The van der Waals surface area contributed by atoms with Crippen molar-refractivity contribution < 1.29 is 48.1 Å². The number of hydrogen-bond acceptors (Lipinski definition) is 11. The molecule has 1 aromatic carbocycles. The molecule has 0 radical (unpaired) electrons. The molecule has 3 aliphatic carbocycles. The zero-order valence-electron chi connectivity index (χ0n) is 31.2. The van der Waals surface area contributed by atoms with Gasteiger partial charge in [-0.05, 0) is 69.9 Å². The number of nitrogens with zero attached hydrogens (tertiary/aromatic N) is 2. The molecular formula is C37H54N2O10Si. The molecule has 2 N–H and O–H groups in total. The molecule has 1 aromatic rings. The average molecular weight is 715 g/mol. The number of allylic oxidation sites excluding steroid dienone is 1. The monoisotopic (exact) mass is 714 g/mol. The third kappa shape index (κ3) is 6.02. The van der Waals surface area contributed by atoms with Gasteiger partial charge in [-0.25, -0.2) is 4.79 Å². The molecule has 0 bridgehead atoms. The highest BCUT2D eigenvalue weighted by molar-refractivity contribution is 6.74. The van der Waals surface area contributed by atoms with Gasteiger partial charge in [-0.3, -0.25) is 9.59 Å². The number of aliphatic hydroxyl groups is 1. The molecule has 1 aliphatic heterocycles. The first-order chi connectivity index (χ1) is 23.5. The quantitative estimate of drug-likeness (QED) is 0.189. The highest BCUT2D eigenvalue weighted by Gasteiger charge is 2.71. The second kappa shape index (κ2) is 13.9. The first kappa shape index (κ1) is 37.8. The number of Topliss-reactive ketones (excluding diaryl/α,β-unsaturated/α-hetero) is 2. The fraction of sp³-hybridized carbons (Fsp3) is 0.676. The number of carbonyl (C=O) groups excluding carboxylic acids is 2. The van der Waals surface area contributed by atoms with Gasteiger partial charge in [-0.15, -0.1) is 0 Å². The van der Waals surface area contributed by atoms with Gasteiger partial charge in [-0.1, -0.05) is 52.6 Å². The van der Waals surface area contributed by atoms with Crippen molar-refractivity contribution in [2.24, 2.45) is 22.9 Å². The van der Waals surface area contributed by atoms with Crippen molar-refractivity contribution in [2.75, 3.05) is 34.4 Å². The van der Waals surface area contributed by atoms with Crippen LogP contribution in [0.4, 0.5) is 0 Å². The summed E-state index contributed by atoms with van der Waals surface area (Å²) < 4.78 is 25.0. The highest BCUT2D eigenvalue weighted by Crippen LogP contribution is 2.58. The van der Waals surface area contributed by atoms with Gasteiger partial charge in [0.15, 0.2) is 31.6 Å². The van der Waals surface area contributed by atoms with Gasteiger partial charge >= 0.3 is 5.97 Å². The number of carbonyl (C=O) groups is 3. The minimum atomic E-state index is -2.87. The lowest BCUT2D eigenvalue weighted by Crippen LogP contribution is -2.72. The summed E-state index contributed by atoms with van der Waals surface area (Å²) in [5.74, 6) is -4.51. The summed E-state index contributed by atoms with van der Waals surface area (Å²) in [7, 11) is 2.38. The SMILES string of the molecule is CCCCOC1=NOC2C1C(=O)[C@@]1(O[Si](C)(C)C(C)(C)C)C(O)=C3C(=O)c4c(c(OC)cc(C(=O)O)c4OCCCC)C[C@H]3C[C@H]1[C@@H]2N(C)C. The van der Waals surface area contributed by atoms with Crippen LogP contribution in [-0.4, -0.2) is 99.0 Å². The largest absolute Gasteiger partial charge is 0.508 e. The lowest BCUT2D eigenvalue weighted by atomic mass is 9.56. The van der Waals surface area contributed by atoms with Crippen molar-refractivity contribution in [3.8, 4) is 11.5 Å². The molecule has 4 aliphatic rings. The van der Waals surface area contributed by atoms with Gasteiger partial charge in [0.25, 0.3) is 0 Å². The summed E-state index contributed by atoms with van der Waals surface area (Å²) in [6.45, 7) is 14.8. The zero-order valence-corrected chi connectivity index (χ0v) is 32.2. The van der Waals surface area contributed by atoms with E-state index in [-0.39, 0.29) is 52.2 Å². The third-order valence-corrected chi connectivity index (χ3v) is 15.8. The van der Waals surface area contributed by atoms with Crippen molar-refractivity contribution in [1.82, 2.24) is 4.90 Å². The van der Waals surface area contributed by atoms with Crippen LogP contribution in [0, 0.1) is 17.8 Å². The Morgan fingerprint density at radius 2 is 1.76 bits per heavy atom. The third-order valence-electron chi connectivity index (χ3n) is 11.4. The molecule has 5 rings (SSSR count). The number of carboxylic acid groups (broad SMARTS) is 1. The van der Waals surface area contributed by atoms with E-state index in [1.807, 2.05) is 45.9 Å². The van der Waals surface area contributed by atoms with E-state index in [2.05, 4.69) is 25.9 Å². The maximum Gasteiger partial charge on any atom is 0.339 e. The summed E-state index contributed by atoms with van der Waals surface area (Å²) in [6, 6.07) is 0.946. The Morgan fingerprint density at radius 1 is 1.12 bits per heavy atom. The summed E-state index contributed by atoms with van der Waals surface area (Å²) in [6.07, 6.45) is 2.95. The second-order valence-electron chi connectivity index (χ2n) is 15.7. The standard InChI is InChI=1S/C37H54N2O10Si/c1-11-13-15-46-30-22(35(43)44)19-24(45-8)21-17-20-18-23-28(39(6)7)31-27(34(38-48-31)47-16-14-12-2)33(42)37(23,49-50(9,10)36(3,4)5)32(41)25(20)29(40)26(21)30/h19-20,23,27-28,31,41H,11-18H2,1-10H3,(H,43,44)/t20-,23-,27?,28-,31?,37-/m0/s1. The van der Waals surface area contributed by atoms with Crippen LogP contribution in [-0.2, 0) is 25.2 Å². The summed E-state index contributed by atoms with van der Waals surface area (Å²) >= 11 is 0. The van der Waals surface area contributed by atoms with Crippen molar-refractivity contribution in [2.45, 2.75) is 109 Å². The van der Waals surface area contributed by atoms with Crippen molar-refractivity contribution >= 4 is 31.8 Å². The number of ketones is 2. The van der Waals surface area contributed by atoms with E-state index in [4.69, 9.17) is 23.5 Å². The van der Waals surface area contributed by atoms with Crippen molar-refractivity contribution in [3.63, 3.8) is 0 Å². The molecule has 0 spiro atoms. The van der Waals surface area contributed by atoms with E-state index in [0.29, 0.717) is 25.0 Å². The number of ether oxygens (including phenoxy) is 3. The Bertz CT molecular complexity index is 1590. The molecule has 1 saturated carbocycles. The minimum absolute atomic E-state index is 0.0382. The average Bonchev–Trinajstić information content (AvgIpc) is 3.44. The first-order valence-electron chi connectivity index (χ1n) is 17.8. The molecule has 0 saturated heterocycles. The van der Waals surface area contributed by atoms with Crippen LogP contribution in [0.15, 0.2) is 22.6 Å². The van der Waals surface area contributed by atoms with Crippen LogP contribution in [0.25, 0.3) is 0 Å². The molecule has 50 heavy (non-hydrogen) atoms. The number of unbranched alkanes of at least 4 members (excludes halogenated alkanes) is 2. The Morgan fingerprint density at radius 3 is 2.32 bits per heavy atom. The molecule has 12 nitrogen and oxygen atoms in total. The summed E-state index contributed by atoms with van der Waals surface area (Å²) in [5.41, 5.74) is -1.52. The number of hydrogen-bond donors (Lipinski definition) is 2. The van der Waals surface area contributed by atoms with E-state index in [9.17, 15) is 19.8 Å². The fourth-order valence-electron chi connectivity index (χ4n) is 7.80. The number of likely N-dealkylation sites (N-methyl/N-ethyl adjacent to an activating group) is 1. The lowest BCUT2D eigenvalue weighted by Gasteiger charge is -2.57. The van der Waals surface area contributed by atoms with Gasteiger partial charge in [0, 0.05) is 17.1 Å². The molecule has 1 fully saturated rings. The number of benzene rings is 1. The van der Waals surface area contributed by atoms with Gasteiger partial charge in [-0.2, -0.15) is 0 Å². The second-order valence-corrected chi connectivity index (χ2v) is 20.5. The number of aliphatic hydroxyl groups excluding tert-OH is 1. The Labute approximate surface area is 296 Å². The van der Waals surface area contributed by atoms with Crippen molar-refractivity contribution in [3.05, 3.63) is 34.1 Å². The van der Waals surface area contributed by atoms with Crippen LogP contribution in [0.5, 0.6) is 11.5 Å².